The summed E-state index contributed by atoms with van der Waals surface area (Å²) in [6.45, 7) is 6.25. The van der Waals surface area contributed by atoms with Gasteiger partial charge < -0.3 is 9.47 Å². The average Bonchev–Trinajstić information content (AvgIpc) is 2.54. The number of hydrogen-bond acceptors (Lipinski definition) is 3. The highest BCUT2D eigenvalue weighted by molar-refractivity contribution is 9.10. The third kappa shape index (κ3) is 4.58. The van der Waals surface area contributed by atoms with E-state index >= 15 is 0 Å². The molecule has 0 bridgehead atoms. The number of esters is 1. The Balaban J connectivity index is 2.24. The van der Waals surface area contributed by atoms with Gasteiger partial charge in [0.05, 0.1) is 4.47 Å². The number of aryl methyl sites for hydroxylation is 2. The van der Waals surface area contributed by atoms with Gasteiger partial charge in [0.15, 0.2) is 0 Å². The Kier molecular flexibility index (Phi) is 6.22. The van der Waals surface area contributed by atoms with Crippen molar-refractivity contribution in [2.45, 2.75) is 40.2 Å². The summed E-state index contributed by atoms with van der Waals surface area (Å²) in [6.07, 6.45) is 1.20. The van der Waals surface area contributed by atoms with Crippen LogP contribution in [0.1, 0.15) is 37.0 Å². The molecule has 0 saturated heterocycles. The minimum Gasteiger partial charge on any atom is -0.488 e. The first-order valence-corrected chi connectivity index (χ1v) is 8.54. The van der Waals surface area contributed by atoms with Crippen LogP contribution in [-0.4, -0.2) is 5.97 Å². The van der Waals surface area contributed by atoms with Gasteiger partial charge in [-0.3, -0.25) is 4.79 Å². The molecule has 0 radical (unpaired) electrons. The second-order valence-electron chi connectivity index (χ2n) is 5.30. The van der Waals surface area contributed by atoms with Crippen molar-refractivity contribution in [3.63, 3.8) is 0 Å². The largest absolute Gasteiger partial charge is 0.488 e. The monoisotopic (exact) mass is 376 g/mol. The van der Waals surface area contributed by atoms with Crippen LogP contribution < -0.4 is 9.47 Å². The van der Waals surface area contributed by atoms with E-state index in [1.54, 1.807) is 6.92 Å². The summed E-state index contributed by atoms with van der Waals surface area (Å²) in [5.74, 6) is 1.12. The quantitative estimate of drug-likeness (QED) is 0.512. The highest BCUT2D eigenvalue weighted by Crippen LogP contribution is 2.29. The number of rotatable bonds is 6. The van der Waals surface area contributed by atoms with E-state index in [1.165, 1.54) is 0 Å². The lowest BCUT2D eigenvalue weighted by molar-refractivity contribution is -0.134. The highest BCUT2D eigenvalue weighted by Gasteiger charge is 2.13. The summed E-state index contributed by atoms with van der Waals surface area (Å²) < 4.78 is 12.3. The molecule has 0 heterocycles. The van der Waals surface area contributed by atoms with Gasteiger partial charge >= 0.3 is 5.97 Å². The molecular formula is C19H21BrO3. The fourth-order valence-electron chi connectivity index (χ4n) is 2.27. The molecule has 0 unspecified atom stereocenters. The van der Waals surface area contributed by atoms with Crippen molar-refractivity contribution in [3.05, 3.63) is 57.6 Å². The van der Waals surface area contributed by atoms with Crippen LogP contribution in [0.4, 0.5) is 0 Å². The zero-order chi connectivity index (χ0) is 16.8. The molecule has 3 nitrogen and oxygen atoms in total. The predicted molar refractivity (Wildman–Crippen MR) is 95.0 cm³/mol. The molecule has 0 saturated carbocycles. The normalized spacial score (nSPS) is 10.4. The lowest BCUT2D eigenvalue weighted by atomic mass is 10.0. The van der Waals surface area contributed by atoms with E-state index in [4.69, 9.17) is 9.47 Å². The molecular weight excluding hydrogens is 356 g/mol. The highest BCUT2D eigenvalue weighted by atomic mass is 79.9. The average molecular weight is 377 g/mol. The number of hydrogen-bond donors (Lipinski definition) is 0. The van der Waals surface area contributed by atoms with E-state index in [9.17, 15) is 4.79 Å². The Morgan fingerprint density at radius 2 is 1.91 bits per heavy atom. The maximum Gasteiger partial charge on any atom is 0.310 e. The predicted octanol–water partition coefficient (Wildman–Crippen LogP) is 5.21. The topological polar surface area (TPSA) is 35.5 Å². The zero-order valence-electron chi connectivity index (χ0n) is 13.7. The first-order chi connectivity index (χ1) is 11.0. The van der Waals surface area contributed by atoms with Gasteiger partial charge in [-0.2, -0.15) is 0 Å². The molecule has 2 aromatic carbocycles. The van der Waals surface area contributed by atoms with Crippen LogP contribution in [0.3, 0.4) is 0 Å². The van der Waals surface area contributed by atoms with Gasteiger partial charge in [-0.25, -0.2) is 0 Å². The summed E-state index contributed by atoms with van der Waals surface area (Å²) >= 11 is 3.52. The standard InChI is InChI=1S/C19H21BrO3/c1-4-14-7-6-8-17(23-19(21)5-2)15(14)12-22-18-10-9-13(3)11-16(18)20/h6-11H,4-5,12H2,1-3H3. The number of ether oxygens (including phenoxy) is 2. The van der Waals surface area contributed by atoms with Crippen LogP contribution in [0.25, 0.3) is 0 Å². The lowest BCUT2D eigenvalue weighted by Gasteiger charge is -2.15. The minimum absolute atomic E-state index is 0.240. The van der Waals surface area contributed by atoms with Gasteiger partial charge in [0, 0.05) is 12.0 Å². The Hall–Kier alpha value is -1.81. The molecule has 0 aliphatic carbocycles. The van der Waals surface area contributed by atoms with Crippen LogP contribution in [-0.2, 0) is 17.8 Å². The maximum atomic E-state index is 11.6. The number of carbonyl (C=O) groups is 1. The van der Waals surface area contributed by atoms with Crippen LogP contribution in [0, 0.1) is 6.92 Å². The third-order valence-corrected chi connectivity index (χ3v) is 4.20. The van der Waals surface area contributed by atoms with Crippen molar-refractivity contribution in [3.8, 4) is 11.5 Å². The minimum atomic E-state index is -0.240. The van der Waals surface area contributed by atoms with Crippen molar-refractivity contribution >= 4 is 21.9 Å². The van der Waals surface area contributed by atoms with Crippen molar-refractivity contribution in [1.82, 2.24) is 0 Å². The molecule has 0 aliphatic rings. The fourth-order valence-corrected chi connectivity index (χ4v) is 2.88. The molecule has 0 atom stereocenters. The molecule has 2 aromatic rings. The molecule has 0 N–H and O–H groups in total. The first-order valence-electron chi connectivity index (χ1n) is 7.75. The Morgan fingerprint density at radius 3 is 2.57 bits per heavy atom. The van der Waals surface area contributed by atoms with Gasteiger partial charge in [0.2, 0.25) is 0 Å². The van der Waals surface area contributed by atoms with Crippen molar-refractivity contribution < 1.29 is 14.3 Å². The molecule has 0 spiro atoms. The summed E-state index contributed by atoms with van der Waals surface area (Å²) in [4.78, 5) is 11.6. The van der Waals surface area contributed by atoms with Crippen LogP contribution in [0.2, 0.25) is 0 Å². The van der Waals surface area contributed by atoms with E-state index in [2.05, 4.69) is 22.9 Å². The van der Waals surface area contributed by atoms with Crippen LogP contribution in [0.5, 0.6) is 11.5 Å². The van der Waals surface area contributed by atoms with Crippen LogP contribution in [0.15, 0.2) is 40.9 Å². The van der Waals surface area contributed by atoms with Crippen LogP contribution >= 0.6 is 15.9 Å². The second kappa shape index (κ2) is 8.16. The van der Waals surface area contributed by atoms with E-state index in [-0.39, 0.29) is 5.97 Å². The molecule has 0 aromatic heterocycles. The second-order valence-corrected chi connectivity index (χ2v) is 6.15. The van der Waals surface area contributed by atoms with Gasteiger partial charge in [-0.15, -0.1) is 0 Å². The van der Waals surface area contributed by atoms with Crippen molar-refractivity contribution in [1.29, 1.82) is 0 Å². The first kappa shape index (κ1) is 17.5. The maximum absolute atomic E-state index is 11.6. The summed E-state index contributed by atoms with van der Waals surface area (Å²) in [6, 6.07) is 11.7. The number of carbonyl (C=O) groups excluding carboxylic acids is 1. The van der Waals surface area contributed by atoms with E-state index in [0.29, 0.717) is 18.8 Å². The van der Waals surface area contributed by atoms with Gasteiger partial charge in [0.25, 0.3) is 0 Å². The van der Waals surface area contributed by atoms with Gasteiger partial charge in [0.1, 0.15) is 18.1 Å². The smallest absolute Gasteiger partial charge is 0.310 e. The van der Waals surface area contributed by atoms with E-state index in [0.717, 1.165) is 33.3 Å². The summed E-state index contributed by atoms with van der Waals surface area (Å²) in [5, 5.41) is 0. The molecule has 0 aliphatic heterocycles. The number of halogens is 1. The Morgan fingerprint density at radius 1 is 1.13 bits per heavy atom. The molecule has 0 fully saturated rings. The Labute approximate surface area is 145 Å². The molecule has 23 heavy (non-hydrogen) atoms. The van der Waals surface area contributed by atoms with E-state index < -0.39 is 0 Å². The third-order valence-electron chi connectivity index (χ3n) is 3.58. The van der Waals surface area contributed by atoms with E-state index in [1.807, 2.05) is 43.3 Å². The molecule has 122 valence electrons. The Bertz CT molecular complexity index is 695. The molecule has 4 heteroatoms. The fraction of sp³-hybridized carbons (Fsp3) is 0.316. The van der Waals surface area contributed by atoms with Gasteiger partial charge in [-0.05, 0) is 58.6 Å². The van der Waals surface area contributed by atoms with Crippen molar-refractivity contribution in [2.24, 2.45) is 0 Å². The van der Waals surface area contributed by atoms with Gasteiger partial charge in [-0.1, -0.05) is 32.0 Å². The SMILES string of the molecule is CCC(=O)Oc1cccc(CC)c1COc1ccc(C)cc1Br. The molecule has 0 amide bonds. The summed E-state index contributed by atoms with van der Waals surface area (Å²) in [5.41, 5.74) is 3.20. The zero-order valence-corrected chi connectivity index (χ0v) is 15.3. The van der Waals surface area contributed by atoms with Crippen molar-refractivity contribution in [2.75, 3.05) is 0 Å². The lowest BCUT2D eigenvalue weighted by Crippen LogP contribution is -2.10. The number of benzene rings is 2. The summed E-state index contributed by atoms with van der Waals surface area (Å²) in [7, 11) is 0. The molecule has 2 rings (SSSR count).